The molecule has 1 aliphatic rings. The summed E-state index contributed by atoms with van der Waals surface area (Å²) in [7, 11) is 0. The summed E-state index contributed by atoms with van der Waals surface area (Å²) >= 11 is 7.60. The van der Waals surface area contributed by atoms with Crippen LogP contribution in [0.15, 0.2) is 29.8 Å². The zero-order valence-electron chi connectivity index (χ0n) is 12.3. The van der Waals surface area contributed by atoms with Crippen LogP contribution in [0.2, 0.25) is 5.02 Å². The Bertz CT molecular complexity index is 674. The monoisotopic (exact) mass is 336 g/mol. The Kier molecular flexibility index (Phi) is 4.76. The first-order valence-electron chi connectivity index (χ1n) is 7.19. The van der Waals surface area contributed by atoms with Crippen LogP contribution in [0.3, 0.4) is 0 Å². The van der Waals surface area contributed by atoms with Crippen LogP contribution < -0.4 is 0 Å². The molecule has 6 heteroatoms. The first-order valence-corrected chi connectivity index (χ1v) is 8.45. The van der Waals surface area contributed by atoms with Gasteiger partial charge in [-0.1, -0.05) is 29.8 Å². The average Bonchev–Trinajstić information content (AvgIpc) is 2.95. The number of carbonyl (C=O) groups is 1. The van der Waals surface area contributed by atoms with E-state index in [4.69, 9.17) is 16.3 Å². The maximum Gasteiger partial charge on any atom is 0.266 e. The molecule has 2 heterocycles. The quantitative estimate of drug-likeness (QED) is 0.864. The van der Waals surface area contributed by atoms with E-state index in [0.717, 1.165) is 21.2 Å². The number of morpholine rings is 1. The van der Waals surface area contributed by atoms with E-state index in [9.17, 15) is 4.79 Å². The lowest BCUT2D eigenvalue weighted by atomic mass is 10.1. The number of halogens is 1. The van der Waals surface area contributed by atoms with Gasteiger partial charge in [-0.2, -0.15) is 0 Å². The molecular formula is C16H17ClN2O2S. The molecule has 1 aromatic carbocycles. The summed E-state index contributed by atoms with van der Waals surface area (Å²) in [5.41, 5.74) is 3.56. The van der Waals surface area contributed by atoms with Crippen molar-refractivity contribution in [3.05, 3.63) is 50.9 Å². The van der Waals surface area contributed by atoms with E-state index in [-0.39, 0.29) is 12.0 Å². The number of aryl methyl sites for hydroxylation is 1. The van der Waals surface area contributed by atoms with Crippen LogP contribution in [0, 0.1) is 6.92 Å². The number of nitrogens with zero attached hydrogens (tertiary/aromatic N) is 2. The van der Waals surface area contributed by atoms with Gasteiger partial charge in [0.25, 0.3) is 5.91 Å². The summed E-state index contributed by atoms with van der Waals surface area (Å²) in [6, 6.07) is 7.76. The minimum absolute atomic E-state index is 0.0224. The molecule has 4 nitrogen and oxygen atoms in total. The fraction of sp³-hybridized carbons (Fsp3) is 0.375. The van der Waals surface area contributed by atoms with Gasteiger partial charge in [-0.3, -0.25) is 4.79 Å². The van der Waals surface area contributed by atoms with Crippen LogP contribution in [0.1, 0.15) is 20.9 Å². The summed E-state index contributed by atoms with van der Waals surface area (Å²) in [4.78, 5) is 19.3. The highest BCUT2D eigenvalue weighted by atomic mass is 35.5. The van der Waals surface area contributed by atoms with Crippen molar-refractivity contribution in [3.63, 3.8) is 0 Å². The highest BCUT2D eigenvalue weighted by Crippen LogP contribution is 2.21. The minimum Gasteiger partial charge on any atom is -0.374 e. The number of carbonyl (C=O) groups excluding carboxylic acids is 1. The number of hydrogen-bond donors (Lipinski definition) is 0. The Labute approximate surface area is 138 Å². The number of rotatable bonds is 3. The lowest BCUT2D eigenvalue weighted by Crippen LogP contribution is -2.46. The van der Waals surface area contributed by atoms with E-state index in [1.54, 1.807) is 5.51 Å². The first kappa shape index (κ1) is 15.5. The van der Waals surface area contributed by atoms with Gasteiger partial charge in [0.1, 0.15) is 4.88 Å². The van der Waals surface area contributed by atoms with Crippen molar-refractivity contribution in [2.24, 2.45) is 0 Å². The molecule has 1 atom stereocenters. The molecule has 0 bridgehead atoms. The van der Waals surface area contributed by atoms with Crippen LogP contribution in [-0.4, -0.2) is 41.6 Å². The van der Waals surface area contributed by atoms with E-state index in [1.165, 1.54) is 11.3 Å². The van der Waals surface area contributed by atoms with E-state index in [2.05, 4.69) is 4.98 Å². The van der Waals surface area contributed by atoms with Crippen LogP contribution in [0.25, 0.3) is 0 Å². The second-order valence-electron chi connectivity index (χ2n) is 5.31. The van der Waals surface area contributed by atoms with Crippen LogP contribution in [-0.2, 0) is 11.2 Å². The molecule has 0 radical (unpaired) electrons. The highest BCUT2D eigenvalue weighted by molar-refractivity contribution is 7.11. The van der Waals surface area contributed by atoms with Crippen LogP contribution in [0.4, 0.5) is 0 Å². The SMILES string of the molecule is Cc1ncsc1C(=O)N1CCO[C@H](Cc2ccccc2Cl)C1. The summed E-state index contributed by atoms with van der Waals surface area (Å²) in [6.45, 7) is 3.63. The van der Waals surface area contributed by atoms with Crippen molar-refractivity contribution >= 4 is 28.8 Å². The number of aromatic nitrogens is 1. The fourth-order valence-electron chi connectivity index (χ4n) is 2.59. The van der Waals surface area contributed by atoms with E-state index in [0.29, 0.717) is 26.1 Å². The van der Waals surface area contributed by atoms with Gasteiger partial charge in [0.15, 0.2) is 0 Å². The van der Waals surface area contributed by atoms with Crippen molar-refractivity contribution in [1.29, 1.82) is 0 Å². The van der Waals surface area contributed by atoms with Crippen LogP contribution >= 0.6 is 22.9 Å². The second kappa shape index (κ2) is 6.77. The van der Waals surface area contributed by atoms with Gasteiger partial charge >= 0.3 is 0 Å². The summed E-state index contributed by atoms with van der Waals surface area (Å²) in [5.74, 6) is 0.0486. The Balaban J connectivity index is 1.68. The summed E-state index contributed by atoms with van der Waals surface area (Å²) in [6.07, 6.45) is 0.691. The average molecular weight is 337 g/mol. The predicted octanol–water partition coefficient (Wildman–Crippen LogP) is 3.19. The fourth-order valence-corrected chi connectivity index (χ4v) is 3.57. The van der Waals surface area contributed by atoms with Gasteiger partial charge in [-0.05, 0) is 18.6 Å². The van der Waals surface area contributed by atoms with Gasteiger partial charge in [0.05, 0.1) is 23.9 Å². The third kappa shape index (κ3) is 3.32. The van der Waals surface area contributed by atoms with Crippen molar-refractivity contribution in [2.75, 3.05) is 19.7 Å². The standard InChI is InChI=1S/C16H17ClN2O2S/c1-11-15(22-10-18-11)16(20)19-6-7-21-13(9-19)8-12-4-2-3-5-14(12)17/h2-5,10,13H,6-9H2,1H3/t13-/m1/s1. The number of thiazole rings is 1. The van der Waals surface area contributed by atoms with Crippen molar-refractivity contribution in [1.82, 2.24) is 9.88 Å². The van der Waals surface area contributed by atoms with Crippen LogP contribution in [0.5, 0.6) is 0 Å². The predicted molar refractivity (Wildman–Crippen MR) is 87.7 cm³/mol. The Morgan fingerprint density at radius 2 is 2.32 bits per heavy atom. The molecule has 1 fully saturated rings. The number of benzene rings is 1. The Morgan fingerprint density at radius 1 is 1.50 bits per heavy atom. The molecule has 3 rings (SSSR count). The summed E-state index contributed by atoms with van der Waals surface area (Å²) in [5, 5.41) is 0.743. The van der Waals surface area contributed by atoms with Gasteiger partial charge in [0.2, 0.25) is 0 Å². The Morgan fingerprint density at radius 3 is 3.05 bits per heavy atom. The molecule has 1 aromatic heterocycles. The minimum atomic E-state index is -0.0224. The number of ether oxygens (including phenoxy) is 1. The normalized spacial score (nSPS) is 18.5. The molecule has 116 valence electrons. The van der Waals surface area contributed by atoms with Crippen molar-refractivity contribution < 1.29 is 9.53 Å². The second-order valence-corrected chi connectivity index (χ2v) is 6.57. The van der Waals surface area contributed by atoms with E-state index < -0.39 is 0 Å². The topological polar surface area (TPSA) is 42.4 Å². The zero-order chi connectivity index (χ0) is 15.5. The number of hydrogen-bond acceptors (Lipinski definition) is 4. The molecule has 1 aliphatic heterocycles. The molecule has 22 heavy (non-hydrogen) atoms. The molecule has 0 saturated carbocycles. The van der Waals surface area contributed by atoms with Gasteiger partial charge in [-0.15, -0.1) is 11.3 Å². The van der Waals surface area contributed by atoms with Crippen molar-refractivity contribution in [3.8, 4) is 0 Å². The van der Waals surface area contributed by atoms with E-state index in [1.807, 2.05) is 36.1 Å². The first-order chi connectivity index (χ1) is 10.6. The maximum atomic E-state index is 12.6. The largest absolute Gasteiger partial charge is 0.374 e. The zero-order valence-corrected chi connectivity index (χ0v) is 13.9. The van der Waals surface area contributed by atoms with Gasteiger partial charge in [0, 0.05) is 24.5 Å². The molecule has 2 aromatic rings. The molecule has 1 saturated heterocycles. The Hall–Kier alpha value is -1.43. The molecule has 0 N–H and O–H groups in total. The maximum absolute atomic E-state index is 12.6. The molecule has 1 amide bonds. The molecule has 0 unspecified atom stereocenters. The van der Waals surface area contributed by atoms with Gasteiger partial charge < -0.3 is 9.64 Å². The number of amides is 1. The van der Waals surface area contributed by atoms with E-state index >= 15 is 0 Å². The highest BCUT2D eigenvalue weighted by Gasteiger charge is 2.27. The third-order valence-corrected chi connectivity index (χ3v) is 5.06. The smallest absolute Gasteiger partial charge is 0.266 e. The third-order valence-electron chi connectivity index (χ3n) is 3.77. The molecular weight excluding hydrogens is 320 g/mol. The molecule has 0 spiro atoms. The van der Waals surface area contributed by atoms with Crippen molar-refractivity contribution in [2.45, 2.75) is 19.4 Å². The summed E-state index contributed by atoms with van der Waals surface area (Å²) < 4.78 is 5.80. The lowest BCUT2D eigenvalue weighted by Gasteiger charge is -2.33. The van der Waals surface area contributed by atoms with Gasteiger partial charge in [-0.25, -0.2) is 4.98 Å². The molecule has 0 aliphatic carbocycles. The lowest BCUT2D eigenvalue weighted by molar-refractivity contribution is -0.0206.